The summed E-state index contributed by atoms with van der Waals surface area (Å²) in [5.41, 5.74) is 0.835. The molecule has 1 aliphatic carbocycles. The van der Waals surface area contributed by atoms with Gasteiger partial charge in [-0.3, -0.25) is 14.3 Å². The Hall–Kier alpha value is -2.42. The molecule has 3 rings (SSSR count). The van der Waals surface area contributed by atoms with Crippen molar-refractivity contribution in [2.24, 2.45) is 17.9 Å². The largest absolute Gasteiger partial charge is 0.336 e. The molecular formula is C18H22N4O2. The van der Waals surface area contributed by atoms with Gasteiger partial charge in [0.15, 0.2) is 5.78 Å². The Labute approximate surface area is 141 Å². The lowest BCUT2D eigenvalue weighted by atomic mass is 9.64. The van der Waals surface area contributed by atoms with Crippen molar-refractivity contribution in [1.82, 2.24) is 14.7 Å². The van der Waals surface area contributed by atoms with Crippen LogP contribution in [0.3, 0.4) is 0 Å². The molecule has 1 spiro atoms. The average Bonchev–Trinajstić information content (AvgIpc) is 3.06. The predicted octanol–water partition coefficient (Wildman–Crippen LogP) is 2.01. The molecule has 2 heterocycles. The summed E-state index contributed by atoms with van der Waals surface area (Å²) >= 11 is 0. The first-order valence-corrected chi connectivity index (χ1v) is 8.15. The zero-order valence-corrected chi connectivity index (χ0v) is 14.6. The second kappa shape index (κ2) is 5.30. The maximum Gasteiger partial charge on any atom is 0.272 e. The number of aromatic nitrogens is 2. The van der Waals surface area contributed by atoms with Crippen molar-refractivity contribution >= 4 is 11.7 Å². The normalized spacial score (nSPS) is 25.7. The van der Waals surface area contributed by atoms with Crippen molar-refractivity contribution < 1.29 is 9.59 Å². The molecule has 24 heavy (non-hydrogen) atoms. The number of carbonyl (C=O) groups is 2. The lowest BCUT2D eigenvalue weighted by Crippen LogP contribution is -2.41. The molecule has 1 fully saturated rings. The number of carbonyl (C=O) groups excluding carboxylic acids is 2. The number of rotatable bonds is 1. The van der Waals surface area contributed by atoms with E-state index in [2.05, 4.69) is 5.10 Å². The van der Waals surface area contributed by atoms with Crippen LogP contribution in [0.15, 0.2) is 17.8 Å². The number of aryl methyl sites for hydroxylation is 2. The lowest BCUT2D eigenvalue weighted by Gasteiger charge is -2.38. The predicted molar refractivity (Wildman–Crippen MR) is 88.0 cm³/mol. The van der Waals surface area contributed by atoms with Crippen LogP contribution in [-0.2, 0) is 11.8 Å². The van der Waals surface area contributed by atoms with Gasteiger partial charge in [-0.15, -0.1) is 0 Å². The Morgan fingerprint density at radius 1 is 1.42 bits per heavy atom. The van der Waals surface area contributed by atoms with Gasteiger partial charge in [0.2, 0.25) is 0 Å². The molecule has 1 amide bonds. The second-order valence-electron chi connectivity index (χ2n) is 7.70. The summed E-state index contributed by atoms with van der Waals surface area (Å²) in [7, 11) is 1.77. The van der Waals surface area contributed by atoms with Crippen LogP contribution in [0.5, 0.6) is 0 Å². The van der Waals surface area contributed by atoms with Crippen molar-refractivity contribution in [2.45, 2.75) is 33.6 Å². The number of Topliss-reactive ketones (excluding diaryl/α,β-unsaturated/α-hetero) is 1. The molecule has 0 saturated carbocycles. The van der Waals surface area contributed by atoms with Crippen molar-refractivity contribution in [3.05, 3.63) is 29.1 Å². The molecule has 0 radical (unpaired) electrons. The van der Waals surface area contributed by atoms with Gasteiger partial charge in [-0.25, -0.2) is 0 Å². The smallest absolute Gasteiger partial charge is 0.272 e. The van der Waals surface area contributed by atoms with E-state index in [0.717, 1.165) is 12.0 Å². The zero-order chi connectivity index (χ0) is 17.7. The first kappa shape index (κ1) is 16.4. The van der Waals surface area contributed by atoms with Gasteiger partial charge in [0, 0.05) is 31.0 Å². The third kappa shape index (κ3) is 2.44. The summed E-state index contributed by atoms with van der Waals surface area (Å²) in [5.74, 6) is -0.131. The number of ketones is 1. The highest BCUT2D eigenvalue weighted by Crippen LogP contribution is 2.48. The van der Waals surface area contributed by atoms with Gasteiger partial charge in [0.05, 0.1) is 11.8 Å². The average molecular weight is 326 g/mol. The summed E-state index contributed by atoms with van der Waals surface area (Å²) in [4.78, 5) is 27.0. The molecule has 6 nitrogen and oxygen atoms in total. The van der Waals surface area contributed by atoms with Crippen molar-refractivity contribution in [3.8, 4) is 6.07 Å². The second-order valence-corrected chi connectivity index (χ2v) is 7.70. The van der Waals surface area contributed by atoms with E-state index in [1.165, 1.54) is 0 Å². The summed E-state index contributed by atoms with van der Waals surface area (Å²) in [6, 6.07) is 2.04. The van der Waals surface area contributed by atoms with Gasteiger partial charge in [-0.2, -0.15) is 10.4 Å². The monoisotopic (exact) mass is 326 g/mol. The van der Waals surface area contributed by atoms with Crippen LogP contribution in [0.25, 0.3) is 0 Å². The third-order valence-corrected chi connectivity index (χ3v) is 5.22. The van der Waals surface area contributed by atoms with E-state index in [4.69, 9.17) is 0 Å². The fraction of sp³-hybridized carbons (Fsp3) is 0.556. The van der Waals surface area contributed by atoms with E-state index in [0.29, 0.717) is 25.2 Å². The Morgan fingerprint density at radius 3 is 2.71 bits per heavy atom. The Bertz CT molecular complexity index is 777. The number of nitrogens with zero attached hydrogens (tertiary/aromatic N) is 4. The summed E-state index contributed by atoms with van der Waals surface area (Å²) in [6.07, 6.45) is 4.94. The van der Waals surface area contributed by atoms with E-state index >= 15 is 0 Å². The van der Waals surface area contributed by atoms with Crippen LogP contribution in [0, 0.1) is 29.1 Å². The third-order valence-electron chi connectivity index (χ3n) is 5.22. The highest BCUT2D eigenvalue weighted by atomic mass is 16.2. The highest BCUT2D eigenvalue weighted by Gasteiger charge is 2.49. The van der Waals surface area contributed by atoms with Crippen molar-refractivity contribution in [3.63, 3.8) is 0 Å². The fourth-order valence-corrected chi connectivity index (χ4v) is 4.17. The molecule has 1 aliphatic heterocycles. The number of allylic oxidation sites excluding steroid dienone is 1. The molecule has 6 heteroatoms. The Kier molecular flexibility index (Phi) is 3.63. The number of hydrogen-bond donors (Lipinski definition) is 0. The Morgan fingerprint density at radius 2 is 2.12 bits per heavy atom. The van der Waals surface area contributed by atoms with E-state index in [-0.39, 0.29) is 22.7 Å². The van der Waals surface area contributed by atoms with E-state index in [1.807, 2.05) is 37.8 Å². The molecule has 0 N–H and O–H groups in total. The van der Waals surface area contributed by atoms with Crippen LogP contribution in [0.1, 0.15) is 42.7 Å². The number of nitriles is 1. The minimum atomic E-state index is -0.568. The molecule has 0 aromatic carbocycles. The van der Waals surface area contributed by atoms with Gasteiger partial charge >= 0.3 is 0 Å². The molecule has 1 saturated heterocycles. The van der Waals surface area contributed by atoms with Crippen LogP contribution in [-0.4, -0.2) is 39.5 Å². The minimum absolute atomic E-state index is 0.0361. The SMILES string of the molecule is Cc1cnn(C)c1C(=O)N1CC[C@@]2(C=C(C#N)C(=O)C(C)(C)C2)C1. The van der Waals surface area contributed by atoms with Crippen LogP contribution in [0.4, 0.5) is 0 Å². The quantitative estimate of drug-likeness (QED) is 0.791. The van der Waals surface area contributed by atoms with Gasteiger partial charge < -0.3 is 4.90 Å². The molecule has 1 aromatic rings. The molecule has 1 aromatic heterocycles. The fourth-order valence-electron chi connectivity index (χ4n) is 4.17. The Balaban J connectivity index is 1.90. The standard InChI is InChI=1S/C18H22N4O2/c1-12-9-20-21(4)14(12)16(24)22-6-5-18(11-22)7-13(8-19)15(23)17(2,3)10-18/h7,9H,5-6,10-11H2,1-4H3/t18-/m0/s1. The number of likely N-dealkylation sites (tertiary alicyclic amines) is 1. The zero-order valence-electron chi connectivity index (χ0n) is 14.6. The summed E-state index contributed by atoms with van der Waals surface area (Å²) < 4.78 is 1.60. The van der Waals surface area contributed by atoms with Crippen molar-refractivity contribution in [1.29, 1.82) is 5.26 Å². The van der Waals surface area contributed by atoms with Gasteiger partial charge in [-0.1, -0.05) is 19.9 Å². The van der Waals surface area contributed by atoms with Gasteiger partial charge in [-0.05, 0) is 25.3 Å². The van der Waals surface area contributed by atoms with E-state index < -0.39 is 5.41 Å². The number of hydrogen-bond acceptors (Lipinski definition) is 4. The van der Waals surface area contributed by atoms with Crippen LogP contribution in [0.2, 0.25) is 0 Å². The van der Waals surface area contributed by atoms with Gasteiger partial charge in [0.25, 0.3) is 5.91 Å². The molecule has 2 aliphatic rings. The van der Waals surface area contributed by atoms with E-state index in [9.17, 15) is 14.9 Å². The molecule has 126 valence electrons. The highest BCUT2D eigenvalue weighted by molar-refractivity contribution is 6.03. The van der Waals surface area contributed by atoms with Crippen molar-refractivity contribution in [2.75, 3.05) is 13.1 Å². The maximum absolute atomic E-state index is 12.9. The summed E-state index contributed by atoms with van der Waals surface area (Å²) in [5, 5.41) is 13.4. The first-order chi connectivity index (χ1) is 11.2. The number of amides is 1. The topological polar surface area (TPSA) is 79.0 Å². The lowest BCUT2D eigenvalue weighted by molar-refractivity contribution is -0.125. The minimum Gasteiger partial charge on any atom is -0.336 e. The molecule has 0 bridgehead atoms. The van der Waals surface area contributed by atoms with Gasteiger partial charge in [0.1, 0.15) is 11.8 Å². The first-order valence-electron chi connectivity index (χ1n) is 8.15. The molecule has 1 atom stereocenters. The van der Waals surface area contributed by atoms with E-state index in [1.54, 1.807) is 17.9 Å². The molecule has 0 unspecified atom stereocenters. The van der Waals surface area contributed by atoms with Crippen LogP contribution < -0.4 is 0 Å². The van der Waals surface area contributed by atoms with Crippen LogP contribution >= 0.6 is 0 Å². The summed E-state index contributed by atoms with van der Waals surface area (Å²) in [6.45, 7) is 6.82. The molecular weight excluding hydrogens is 304 g/mol. The maximum atomic E-state index is 12.9.